The summed E-state index contributed by atoms with van der Waals surface area (Å²) in [6.07, 6.45) is 1.84. The maximum atomic E-state index is 12.2. The first-order valence-electron chi connectivity index (χ1n) is 7.19. The zero-order valence-electron chi connectivity index (χ0n) is 12.4. The Balaban J connectivity index is 2.37. The van der Waals surface area contributed by atoms with Gasteiger partial charge >= 0.3 is 0 Å². The van der Waals surface area contributed by atoms with Crippen molar-refractivity contribution in [1.29, 1.82) is 0 Å². The number of carbonyl (C=O) groups excluding carboxylic acids is 1. The van der Waals surface area contributed by atoms with E-state index in [4.69, 9.17) is 9.47 Å². The van der Waals surface area contributed by atoms with Crippen LogP contribution in [0.2, 0.25) is 0 Å². The Labute approximate surface area is 121 Å². The number of hydrogen-bond donors (Lipinski definition) is 1. The molecule has 0 radical (unpaired) electrons. The Kier molecular flexibility index (Phi) is 8.67. The molecule has 0 aromatic heterocycles. The summed E-state index contributed by atoms with van der Waals surface area (Å²) >= 11 is 0. The van der Waals surface area contributed by atoms with Gasteiger partial charge in [0, 0.05) is 13.7 Å². The first-order chi connectivity index (χ1) is 9.79. The van der Waals surface area contributed by atoms with E-state index in [1.54, 1.807) is 7.11 Å². The van der Waals surface area contributed by atoms with E-state index in [0.29, 0.717) is 26.4 Å². The van der Waals surface area contributed by atoms with Gasteiger partial charge < -0.3 is 14.8 Å². The number of carbonyl (C=O) groups is 1. The van der Waals surface area contributed by atoms with Gasteiger partial charge in [-0.3, -0.25) is 4.79 Å². The molecule has 1 N–H and O–H groups in total. The Hall–Kier alpha value is -1.39. The monoisotopic (exact) mass is 279 g/mol. The van der Waals surface area contributed by atoms with E-state index in [9.17, 15) is 4.79 Å². The third kappa shape index (κ3) is 6.17. The smallest absolute Gasteiger partial charge is 0.227 e. The van der Waals surface area contributed by atoms with Gasteiger partial charge in [-0.05, 0) is 12.0 Å². The molecule has 0 bridgehead atoms. The molecule has 4 heteroatoms. The molecule has 1 amide bonds. The number of rotatable bonds is 10. The largest absolute Gasteiger partial charge is 0.382 e. The molecular weight excluding hydrogens is 254 g/mol. The third-order valence-electron chi connectivity index (χ3n) is 3.07. The van der Waals surface area contributed by atoms with Crippen molar-refractivity contribution in [2.45, 2.75) is 25.7 Å². The van der Waals surface area contributed by atoms with Crippen LogP contribution in [0.5, 0.6) is 0 Å². The average molecular weight is 279 g/mol. The second kappa shape index (κ2) is 10.4. The van der Waals surface area contributed by atoms with E-state index >= 15 is 0 Å². The van der Waals surface area contributed by atoms with E-state index in [1.165, 1.54) is 0 Å². The summed E-state index contributed by atoms with van der Waals surface area (Å²) in [6.45, 7) is 4.29. The van der Waals surface area contributed by atoms with Crippen molar-refractivity contribution in [1.82, 2.24) is 5.32 Å². The molecular formula is C16H25NO3. The van der Waals surface area contributed by atoms with Crippen LogP contribution in [-0.4, -0.2) is 39.4 Å². The Morgan fingerprint density at radius 3 is 2.60 bits per heavy atom. The first kappa shape index (κ1) is 16.7. The highest BCUT2D eigenvalue weighted by atomic mass is 16.5. The van der Waals surface area contributed by atoms with Crippen molar-refractivity contribution in [2.75, 3.05) is 33.5 Å². The van der Waals surface area contributed by atoms with Crippen LogP contribution in [0.15, 0.2) is 30.3 Å². The molecule has 20 heavy (non-hydrogen) atoms. The highest BCUT2D eigenvalue weighted by Gasteiger charge is 2.18. The summed E-state index contributed by atoms with van der Waals surface area (Å²) < 4.78 is 10.2. The van der Waals surface area contributed by atoms with Crippen LogP contribution in [-0.2, 0) is 14.3 Å². The van der Waals surface area contributed by atoms with Gasteiger partial charge in [-0.25, -0.2) is 0 Å². The summed E-state index contributed by atoms with van der Waals surface area (Å²) in [5.41, 5.74) is 1.08. The van der Waals surface area contributed by atoms with Crippen LogP contribution in [0, 0.1) is 0 Å². The summed E-state index contributed by atoms with van der Waals surface area (Å²) in [6, 6.07) is 9.93. The minimum atomic E-state index is -0.0693. The summed E-state index contributed by atoms with van der Waals surface area (Å²) in [5, 5.41) is 2.94. The minimum Gasteiger partial charge on any atom is -0.382 e. The lowest BCUT2D eigenvalue weighted by atomic mass is 9.94. The van der Waals surface area contributed by atoms with Crippen LogP contribution in [0.25, 0.3) is 0 Å². The van der Waals surface area contributed by atoms with Gasteiger partial charge in [0.05, 0.1) is 25.7 Å². The van der Waals surface area contributed by atoms with E-state index in [-0.39, 0.29) is 11.8 Å². The molecule has 1 aromatic carbocycles. The molecule has 0 saturated heterocycles. The second-order valence-corrected chi connectivity index (χ2v) is 4.65. The van der Waals surface area contributed by atoms with Crippen molar-refractivity contribution in [3.8, 4) is 0 Å². The molecule has 0 spiro atoms. The van der Waals surface area contributed by atoms with E-state index in [1.807, 2.05) is 30.3 Å². The first-order valence-corrected chi connectivity index (χ1v) is 7.19. The number of nitrogens with one attached hydrogen (secondary N) is 1. The summed E-state index contributed by atoms with van der Waals surface area (Å²) in [5.74, 6) is 0.00793. The predicted octanol–water partition coefficient (Wildman–Crippen LogP) is 2.35. The fraction of sp³-hybridized carbons (Fsp3) is 0.562. The Morgan fingerprint density at radius 1 is 1.20 bits per heavy atom. The molecule has 1 rings (SSSR count). The molecule has 1 unspecified atom stereocenters. The number of amides is 1. The molecule has 0 fully saturated rings. The fourth-order valence-corrected chi connectivity index (χ4v) is 2.04. The van der Waals surface area contributed by atoms with Gasteiger partial charge in [0.15, 0.2) is 0 Å². The standard InChI is InChI=1S/C16H25NO3/c1-3-7-15(14-8-5-4-6-9-14)16(18)17-10-11-20-13-12-19-2/h4-6,8-9,15H,3,7,10-13H2,1-2H3,(H,17,18). The molecule has 4 nitrogen and oxygen atoms in total. The topological polar surface area (TPSA) is 47.6 Å². The number of ether oxygens (including phenoxy) is 2. The number of benzene rings is 1. The fourth-order valence-electron chi connectivity index (χ4n) is 2.04. The lowest BCUT2D eigenvalue weighted by Crippen LogP contribution is -2.32. The molecule has 0 aliphatic carbocycles. The second-order valence-electron chi connectivity index (χ2n) is 4.65. The van der Waals surface area contributed by atoms with Gasteiger partial charge in [-0.2, -0.15) is 0 Å². The maximum absolute atomic E-state index is 12.2. The van der Waals surface area contributed by atoms with Crippen LogP contribution in [0.3, 0.4) is 0 Å². The van der Waals surface area contributed by atoms with Crippen molar-refractivity contribution in [3.63, 3.8) is 0 Å². The zero-order chi connectivity index (χ0) is 14.6. The summed E-state index contributed by atoms with van der Waals surface area (Å²) in [4.78, 5) is 12.2. The van der Waals surface area contributed by atoms with Gasteiger partial charge in [0.1, 0.15) is 0 Å². The van der Waals surface area contributed by atoms with Crippen molar-refractivity contribution < 1.29 is 14.3 Å². The SMILES string of the molecule is CCCC(C(=O)NCCOCCOC)c1ccccc1. The van der Waals surface area contributed by atoms with Crippen molar-refractivity contribution in [2.24, 2.45) is 0 Å². The highest BCUT2D eigenvalue weighted by molar-refractivity contribution is 5.83. The van der Waals surface area contributed by atoms with Crippen LogP contribution in [0.1, 0.15) is 31.2 Å². The van der Waals surface area contributed by atoms with E-state index in [0.717, 1.165) is 18.4 Å². The Bertz CT molecular complexity index is 367. The number of hydrogen-bond acceptors (Lipinski definition) is 3. The average Bonchev–Trinajstić information content (AvgIpc) is 2.49. The molecule has 0 aliphatic rings. The third-order valence-corrected chi connectivity index (χ3v) is 3.07. The van der Waals surface area contributed by atoms with Gasteiger partial charge in [-0.15, -0.1) is 0 Å². The number of methoxy groups -OCH3 is 1. The minimum absolute atomic E-state index is 0.0693. The van der Waals surface area contributed by atoms with Crippen molar-refractivity contribution in [3.05, 3.63) is 35.9 Å². The highest BCUT2D eigenvalue weighted by Crippen LogP contribution is 2.21. The lowest BCUT2D eigenvalue weighted by molar-refractivity contribution is -0.123. The van der Waals surface area contributed by atoms with Gasteiger partial charge in [0.2, 0.25) is 5.91 Å². The molecule has 112 valence electrons. The van der Waals surface area contributed by atoms with E-state index in [2.05, 4.69) is 12.2 Å². The normalized spacial score (nSPS) is 12.1. The van der Waals surface area contributed by atoms with E-state index < -0.39 is 0 Å². The van der Waals surface area contributed by atoms with Crippen LogP contribution < -0.4 is 5.32 Å². The molecule has 0 saturated carbocycles. The molecule has 0 aliphatic heterocycles. The molecule has 1 aromatic rings. The molecule has 0 heterocycles. The quantitative estimate of drug-likeness (QED) is 0.669. The van der Waals surface area contributed by atoms with Gasteiger partial charge in [-0.1, -0.05) is 43.7 Å². The van der Waals surface area contributed by atoms with Crippen LogP contribution in [0.4, 0.5) is 0 Å². The molecule has 1 atom stereocenters. The van der Waals surface area contributed by atoms with Gasteiger partial charge in [0.25, 0.3) is 0 Å². The maximum Gasteiger partial charge on any atom is 0.227 e. The lowest BCUT2D eigenvalue weighted by Gasteiger charge is -2.16. The Morgan fingerprint density at radius 2 is 1.95 bits per heavy atom. The summed E-state index contributed by atoms with van der Waals surface area (Å²) in [7, 11) is 1.64. The zero-order valence-corrected chi connectivity index (χ0v) is 12.4. The van der Waals surface area contributed by atoms with Crippen LogP contribution >= 0.6 is 0 Å². The predicted molar refractivity (Wildman–Crippen MR) is 79.8 cm³/mol. The van der Waals surface area contributed by atoms with Crippen molar-refractivity contribution >= 4 is 5.91 Å².